The van der Waals surface area contributed by atoms with Crippen LogP contribution in [0.2, 0.25) is 0 Å². The monoisotopic (exact) mass is 362 g/mol. The predicted molar refractivity (Wildman–Crippen MR) is 98.5 cm³/mol. The van der Waals surface area contributed by atoms with E-state index in [-0.39, 0.29) is 11.4 Å². The highest BCUT2D eigenvalue weighted by Crippen LogP contribution is 2.34. The Morgan fingerprint density at radius 1 is 1.44 bits per heavy atom. The van der Waals surface area contributed by atoms with Gasteiger partial charge in [-0.1, -0.05) is 6.08 Å². The first-order valence-electron chi connectivity index (χ1n) is 8.32. The van der Waals surface area contributed by atoms with Crippen LogP contribution < -0.4 is 4.74 Å². The van der Waals surface area contributed by atoms with Crippen LogP contribution in [0.4, 0.5) is 0 Å². The highest BCUT2D eigenvalue weighted by atomic mass is 32.2. The molecule has 134 valence electrons. The SMILES string of the molecule is C=N/C=N\C(=C/C)c1ncccc1OC1CCN(S(=O)(=O)C2CC2)C1. The molecule has 1 aliphatic carbocycles. The molecule has 8 heteroatoms. The Bertz CT molecular complexity index is 800. The van der Waals surface area contributed by atoms with Crippen LogP contribution in [-0.4, -0.2) is 55.2 Å². The molecule has 0 bridgehead atoms. The molecule has 0 spiro atoms. The van der Waals surface area contributed by atoms with E-state index >= 15 is 0 Å². The first-order valence-corrected chi connectivity index (χ1v) is 9.82. The molecule has 1 aliphatic heterocycles. The van der Waals surface area contributed by atoms with Gasteiger partial charge in [0.15, 0.2) is 0 Å². The predicted octanol–water partition coefficient (Wildman–Crippen LogP) is 2.12. The summed E-state index contributed by atoms with van der Waals surface area (Å²) in [5.41, 5.74) is 1.23. The maximum absolute atomic E-state index is 12.3. The minimum Gasteiger partial charge on any atom is -0.487 e. The van der Waals surface area contributed by atoms with Gasteiger partial charge in [0.05, 0.1) is 17.5 Å². The molecule has 2 heterocycles. The van der Waals surface area contributed by atoms with Crippen LogP contribution in [0.3, 0.4) is 0 Å². The number of rotatable bonds is 7. The second-order valence-corrected chi connectivity index (χ2v) is 8.30. The van der Waals surface area contributed by atoms with Gasteiger partial charge in [0, 0.05) is 12.7 Å². The summed E-state index contributed by atoms with van der Waals surface area (Å²) in [5, 5.41) is -0.185. The molecular weight excluding hydrogens is 340 g/mol. The normalized spacial score (nSPS) is 22.4. The molecule has 2 aliphatic rings. The summed E-state index contributed by atoms with van der Waals surface area (Å²) in [6.07, 6.45) is 6.87. The summed E-state index contributed by atoms with van der Waals surface area (Å²) in [5.74, 6) is 0.590. The fourth-order valence-corrected chi connectivity index (χ4v) is 4.72. The largest absolute Gasteiger partial charge is 0.487 e. The Labute approximate surface area is 148 Å². The minimum atomic E-state index is -3.15. The highest BCUT2D eigenvalue weighted by molar-refractivity contribution is 7.90. The van der Waals surface area contributed by atoms with Crippen molar-refractivity contribution in [2.75, 3.05) is 13.1 Å². The van der Waals surface area contributed by atoms with E-state index in [0.29, 0.717) is 36.7 Å². The first kappa shape index (κ1) is 17.8. The standard InChI is InChI=1S/C17H22N4O3S/c1-3-15(20-12-18-2)17-16(5-4-9-19-17)24-13-8-10-21(11-13)25(22,23)14-6-7-14/h3-5,9,12-14H,2,6-8,10-11H2,1H3/b15-3-,20-12-. The van der Waals surface area contributed by atoms with Crippen LogP contribution in [0.5, 0.6) is 5.75 Å². The first-order chi connectivity index (χ1) is 12.1. The molecule has 1 atom stereocenters. The van der Waals surface area contributed by atoms with Crippen molar-refractivity contribution in [1.82, 2.24) is 9.29 Å². The van der Waals surface area contributed by atoms with Gasteiger partial charge in [-0.15, -0.1) is 0 Å². The number of aliphatic imine (C=N–C) groups is 2. The molecule has 1 unspecified atom stereocenters. The third-order valence-corrected chi connectivity index (χ3v) is 6.64. The van der Waals surface area contributed by atoms with Crippen molar-refractivity contribution in [3.05, 3.63) is 30.1 Å². The second kappa shape index (κ2) is 7.45. The van der Waals surface area contributed by atoms with Crippen molar-refractivity contribution in [2.45, 2.75) is 37.5 Å². The summed E-state index contributed by atoms with van der Waals surface area (Å²) in [6.45, 7) is 6.12. The van der Waals surface area contributed by atoms with E-state index in [1.54, 1.807) is 16.6 Å². The highest BCUT2D eigenvalue weighted by Gasteiger charge is 2.43. The number of nitrogens with zero attached hydrogens (tertiary/aromatic N) is 4. The number of pyridine rings is 1. The van der Waals surface area contributed by atoms with Crippen LogP contribution in [0.1, 0.15) is 31.9 Å². The van der Waals surface area contributed by atoms with E-state index in [2.05, 4.69) is 21.7 Å². The van der Waals surface area contributed by atoms with Crippen molar-refractivity contribution in [1.29, 1.82) is 0 Å². The third kappa shape index (κ3) is 3.96. The number of hydrogen-bond donors (Lipinski definition) is 0. The van der Waals surface area contributed by atoms with Gasteiger partial charge in [-0.05, 0) is 45.0 Å². The third-order valence-electron chi connectivity index (χ3n) is 4.27. The van der Waals surface area contributed by atoms with Crippen molar-refractivity contribution in [3.8, 4) is 5.75 Å². The molecule has 7 nitrogen and oxygen atoms in total. The average molecular weight is 362 g/mol. The Hall–Kier alpha value is -2.06. The van der Waals surface area contributed by atoms with Crippen molar-refractivity contribution in [3.63, 3.8) is 0 Å². The van der Waals surface area contributed by atoms with E-state index in [9.17, 15) is 8.42 Å². The fourth-order valence-electron chi connectivity index (χ4n) is 2.83. The van der Waals surface area contributed by atoms with E-state index < -0.39 is 10.0 Å². The van der Waals surface area contributed by atoms with Crippen LogP contribution in [0, 0.1) is 0 Å². The van der Waals surface area contributed by atoms with E-state index in [1.807, 2.05) is 19.1 Å². The maximum atomic E-state index is 12.3. The molecule has 25 heavy (non-hydrogen) atoms. The van der Waals surface area contributed by atoms with Crippen LogP contribution in [0.15, 0.2) is 34.4 Å². The quantitative estimate of drug-likeness (QED) is 0.549. The van der Waals surface area contributed by atoms with Crippen molar-refractivity contribution in [2.24, 2.45) is 9.98 Å². The van der Waals surface area contributed by atoms with Gasteiger partial charge >= 0.3 is 0 Å². The summed E-state index contributed by atoms with van der Waals surface area (Å²) in [4.78, 5) is 12.2. The lowest BCUT2D eigenvalue weighted by Crippen LogP contribution is -2.33. The number of aromatic nitrogens is 1. The van der Waals surface area contributed by atoms with E-state index in [1.165, 1.54) is 6.34 Å². The molecule has 1 saturated carbocycles. The van der Waals surface area contributed by atoms with Crippen LogP contribution >= 0.6 is 0 Å². The number of sulfonamides is 1. The fraction of sp³-hybridized carbons (Fsp3) is 0.471. The van der Waals surface area contributed by atoms with Crippen molar-refractivity contribution >= 4 is 28.8 Å². The zero-order valence-corrected chi connectivity index (χ0v) is 15.0. The molecule has 1 aromatic heterocycles. The van der Waals surface area contributed by atoms with Gasteiger partial charge < -0.3 is 4.74 Å². The van der Waals surface area contributed by atoms with Gasteiger partial charge in [-0.3, -0.25) is 9.98 Å². The lowest BCUT2D eigenvalue weighted by Gasteiger charge is -2.18. The number of hydrogen-bond acceptors (Lipinski definition) is 5. The lowest BCUT2D eigenvalue weighted by molar-refractivity contribution is 0.214. The topological polar surface area (TPSA) is 84.2 Å². The Morgan fingerprint density at radius 3 is 2.92 bits per heavy atom. The summed E-state index contributed by atoms with van der Waals surface area (Å²) < 4.78 is 32.3. The lowest BCUT2D eigenvalue weighted by atomic mass is 10.2. The smallest absolute Gasteiger partial charge is 0.217 e. The molecule has 0 amide bonds. The molecule has 0 N–H and O–H groups in total. The summed E-state index contributed by atoms with van der Waals surface area (Å²) in [6, 6.07) is 3.61. The van der Waals surface area contributed by atoms with E-state index in [0.717, 1.165) is 12.8 Å². The van der Waals surface area contributed by atoms with Gasteiger partial charge in [0.2, 0.25) is 10.0 Å². The molecule has 0 radical (unpaired) electrons. The Balaban J connectivity index is 1.74. The molecule has 0 aromatic carbocycles. The molecule has 2 fully saturated rings. The van der Waals surface area contributed by atoms with Gasteiger partial charge in [-0.25, -0.2) is 13.4 Å². The number of allylic oxidation sites excluding steroid dienone is 1. The van der Waals surface area contributed by atoms with Crippen molar-refractivity contribution < 1.29 is 13.2 Å². The van der Waals surface area contributed by atoms with Crippen LogP contribution in [0.25, 0.3) is 5.70 Å². The maximum Gasteiger partial charge on any atom is 0.217 e. The summed E-state index contributed by atoms with van der Waals surface area (Å²) in [7, 11) is -3.15. The van der Waals surface area contributed by atoms with Crippen LogP contribution in [-0.2, 0) is 10.0 Å². The molecular formula is C17H22N4O3S. The molecule has 1 aromatic rings. The zero-order valence-electron chi connectivity index (χ0n) is 14.2. The number of ether oxygens (including phenoxy) is 1. The molecule has 1 saturated heterocycles. The minimum absolute atomic E-state index is 0.184. The zero-order chi connectivity index (χ0) is 17.9. The second-order valence-electron chi connectivity index (χ2n) is 6.08. The Kier molecular flexibility index (Phi) is 5.29. The van der Waals surface area contributed by atoms with E-state index in [4.69, 9.17) is 4.74 Å². The Morgan fingerprint density at radius 2 is 2.24 bits per heavy atom. The average Bonchev–Trinajstić information content (AvgIpc) is 3.37. The summed E-state index contributed by atoms with van der Waals surface area (Å²) >= 11 is 0. The van der Waals surface area contributed by atoms with Gasteiger partial charge in [0.1, 0.15) is 23.9 Å². The van der Waals surface area contributed by atoms with Gasteiger partial charge in [0.25, 0.3) is 0 Å². The molecule has 3 rings (SSSR count). The van der Waals surface area contributed by atoms with Gasteiger partial charge in [-0.2, -0.15) is 4.31 Å².